The van der Waals surface area contributed by atoms with Crippen LogP contribution in [-0.4, -0.2) is 19.9 Å². The molecule has 0 amide bonds. The Balaban J connectivity index is 0.882. The second kappa shape index (κ2) is 15.5. The Hall–Kier alpha value is -9.12. The van der Waals surface area contributed by atoms with E-state index in [9.17, 15) is 0 Å². The van der Waals surface area contributed by atoms with Crippen LogP contribution in [0.2, 0.25) is 0 Å². The minimum absolute atomic E-state index is 0.445. The fourth-order valence-electron chi connectivity index (χ4n) is 11.2. The van der Waals surface area contributed by atoms with Crippen LogP contribution in [0.25, 0.3) is 112 Å². The number of hydrogen-bond donors (Lipinski definition) is 0. The van der Waals surface area contributed by atoms with Gasteiger partial charge in [0.2, 0.25) is 0 Å². The van der Waals surface area contributed by atoms with Crippen LogP contribution in [0.5, 0.6) is 0 Å². The summed E-state index contributed by atoms with van der Waals surface area (Å²) in [6.45, 7) is 0. The average Bonchev–Trinajstić information content (AvgIpc) is 3.90. The fraction of sp³-hybridized carbons (Fsp3) is 0.0154. The Morgan fingerprint density at radius 1 is 0.232 bits per heavy atom. The first-order valence-electron chi connectivity index (χ1n) is 23.5. The number of para-hydroxylation sites is 1. The molecule has 0 saturated heterocycles. The predicted molar refractivity (Wildman–Crippen MR) is 282 cm³/mol. The van der Waals surface area contributed by atoms with Crippen molar-refractivity contribution in [3.05, 3.63) is 265 Å². The molecule has 0 bridgehead atoms. The summed E-state index contributed by atoms with van der Waals surface area (Å²) in [6.07, 6.45) is 0. The highest BCUT2D eigenvalue weighted by molar-refractivity contribution is 6.14. The summed E-state index contributed by atoms with van der Waals surface area (Å²) in [5, 5.41) is 3.50. The molecule has 320 valence electrons. The van der Waals surface area contributed by atoms with Crippen molar-refractivity contribution in [3.8, 4) is 89.9 Å². The van der Waals surface area contributed by atoms with E-state index in [4.69, 9.17) is 19.9 Å². The van der Waals surface area contributed by atoms with Gasteiger partial charge in [0.1, 0.15) is 0 Å². The van der Waals surface area contributed by atoms with Crippen LogP contribution in [0.4, 0.5) is 0 Å². The van der Waals surface area contributed by atoms with Crippen molar-refractivity contribution in [2.75, 3.05) is 0 Å². The lowest BCUT2D eigenvalue weighted by Crippen LogP contribution is -2.25. The van der Waals surface area contributed by atoms with E-state index < -0.39 is 5.41 Å². The normalized spacial score (nSPS) is 12.8. The van der Waals surface area contributed by atoms with E-state index in [2.05, 4.69) is 206 Å². The van der Waals surface area contributed by atoms with E-state index >= 15 is 0 Å². The summed E-state index contributed by atoms with van der Waals surface area (Å²) in [7, 11) is 0. The maximum atomic E-state index is 5.47. The third-order valence-corrected chi connectivity index (χ3v) is 14.3. The van der Waals surface area contributed by atoms with E-state index in [0.29, 0.717) is 17.5 Å². The van der Waals surface area contributed by atoms with Gasteiger partial charge in [-0.1, -0.05) is 218 Å². The van der Waals surface area contributed by atoms with Crippen molar-refractivity contribution in [2.24, 2.45) is 0 Å². The molecule has 0 aliphatic heterocycles. The Morgan fingerprint density at radius 2 is 0.667 bits per heavy atom. The lowest BCUT2D eigenvalue weighted by molar-refractivity contribution is 0.795. The molecule has 0 N–H and O–H groups in total. The maximum Gasteiger partial charge on any atom is 0.164 e. The van der Waals surface area contributed by atoms with Crippen LogP contribution in [0.3, 0.4) is 0 Å². The SMILES string of the molecule is c1ccc(-c2ccc(-c3nc(-c4ccccc4)nc(-c4cccc(-c5ccc(-c6nc7ccccc7c7cc8c(cc67)C6(c7ccccc7-c7ccccc76)c6ccccc6-8)cc5)c4)n3)cc2)cc1. The van der Waals surface area contributed by atoms with Crippen molar-refractivity contribution in [1.29, 1.82) is 0 Å². The van der Waals surface area contributed by atoms with Gasteiger partial charge in [0.15, 0.2) is 17.5 Å². The van der Waals surface area contributed by atoms with Crippen LogP contribution in [0.1, 0.15) is 22.3 Å². The Kier molecular flexibility index (Phi) is 8.77. The number of aromatic nitrogens is 4. The lowest BCUT2D eigenvalue weighted by atomic mass is 9.70. The standard InChI is InChI=1S/C65H40N4/c1-3-16-41(17-4-1)42-32-36-46(37-33-42)63-67-62(45-18-5-2-6-19-45)68-64(69-63)48-21-15-20-47(38-48)43-30-34-44(35-31-43)61-55-40-59-54(39-53(55)52-25-10-14-29-60(52)66-61)51-24-9-13-28-58(51)65(59)56-26-11-7-22-49(56)50-23-8-12-27-57(50)65/h1-40H. The van der Waals surface area contributed by atoms with Crippen LogP contribution in [0, 0.1) is 0 Å². The number of pyridine rings is 1. The van der Waals surface area contributed by atoms with Crippen molar-refractivity contribution in [1.82, 2.24) is 19.9 Å². The molecule has 14 rings (SSSR count). The van der Waals surface area contributed by atoms with Gasteiger partial charge in [-0.2, -0.15) is 0 Å². The van der Waals surface area contributed by atoms with Gasteiger partial charge in [-0.3, -0.25) is 0 Å². The molecule has 1 spiro atoms. The molecule has 2 aliphatic rings. The summed E-state index contributed by atoms with van der Waals surface area (Å²) in [4.78, 5) is 20.6. The summed E-state index contributed by atoms with van der Waals surface area (Å²) in [6, 6.07) is 86.9. The van der Waals surface area contributed by atoms with E-state index in [1.54, 1.807) is 0 Å². The molecule has 4 heteroatoms. The number of benzene rings is 10. The number of rotatable bonds is 6. The molecule has 69 heavy (non-hydrogen) atoms. The molecule has 10 aromatic carbocycles. The van der Waals surface area contributed by atoms with Crippen LogP contribution in [-0.2, 0) is 5.41 Å². The molecule has 0 unspecified atom stereocenters. The molecular formula is C65H40N4. The second-order valence-corrected chi connectivity index (χ2v) is 18.1. The zero-order chi connectivity index (χ0) is 45.5. The average molecular weight is 877 g/mol. The van der Waals surface area contributed by atoms with Crippen molar-refractivity contribution in [2.45, 2.75) is 5.41 Å². The lowest BCUT2D eigenvalue weighted by Gasteiger charge is -2.30. The number of fused-ring (bicyclic) bond motifs is 13. The largest absolute Gasteiger partial charge is 0.247 e. The summed E-state index contributed by atoms with van der Waals surface area (Å²) in [5.74, 6) is 1.88. The van der Waals surface area contributed by atoms with Gasteiger partial charge in [0, 0.05) is 33.0 Å². The molecule has 0 saturated carbocycles. The van der Waals surface area contributed by atoms with Gasteiger partial charge >= 0.3 is 0 Å². The van der Waals surface area contributed by atoms with Gasteiger partial charge in [-0.15, -0.1) is 0 Å². The van der Waals surface area contributed by atoms with Crippen LogP contribution >= 0.6 is 0 Å². The van der Waals surface area contributed by atoms with Gasteiger partial charge in [-0.25, -0.2) is 19.9 Å². The number of hydrogen-bond acceptors (Lipinski definition) is 4. The minimum atomic E-state index is -0.445. The summed E-state index contributed by atoms with van der Waals surface area (Å²) >= 11 is 0. The molecule has 12 aromatic rings. The molecule has 0 radical (unpaired) electrons. The second-order valence-electron chi connectivity index (χ2n) is 18.1. The summed E-state index contributed by atoms with van der Waals surface area (Å²) in [5.41, 5.74) is 20.3. The smallest absolute Gasteiger partial charge is 0.164 e. The topological polar surface area (TPSA) is 51.6 Å². The van der Waals surface area contributed by atoms with Crippen LogP contribution < -0.4 is 0 Å². The molecule has 2 aliphatic carbocycles. The summed E-state index contributed by atoms with van der Waals surface area (Å²) < 4.78 is 0. The van der Waals surface area contributed by atoms with Gasteiger partial charge in [0.25, 0.3) is 0 Å². The van der Waals surface area contributed by atoms with Crippen molar-refractivity contribution < 1.29 is 0 Å². The van der Waals surface area contributed by atoms with Gasteiger partial charge in [0.05, 0.1) is 16.6 Å². The fourth-order valence-corrected chi connectivity index (χ4v) is 11.2. The van der Waals surface area contributed by atoms with Gasteiger partial charge < -0.3 is 0 Å². The maximum absolute atomic E-state index is 5.47. The number of nitrogens with zero attached hydrogens (tertiary/aromatic N) is 4. The molecule has 0 atom stereocenters. The van der Waals surface area contributed by atoms with Gasteiger partial charge in [-0.05, 0) is 96.4 Å². The third-order valence-electron chi connectivity index (χ3n) is 14.3. The Morgan fingerprint density at radius 3 is 1.30 bits per heavy atom. The van der Waals surface area contributed by atoms with E-state index in [-0.39, 0.29) is 0 Å². The highest BCUT2D eigenvalue weighted by Crippen LogP contribution is 2.63. The third kappa shape index (κ3) is 6.09. The molecule has 0 fully saturated rings. The first-order valence-corrected chi connectivity index (χ1v) is 23.5. The predicted octanol–water partition coefficient (Wildman–Crippen LogP) is 15.9. The Bertz CT molecular complexity index is 3950. The highest BCUT2D eigenvalue weighted by atomic mass is 15.0. The molecule has 2 aromatic heterocycles. The zero-order valence-electron chi connectivity index (χ0n) is 37.4. The van der Waals surface area contributed by atoms with E-state index in [1.165, 1.54) is 55.5 Å². The first-order chi connectivity index (χ1) is 34.2. The Labute approximate surface area is 400 Å². The quantitative estimate of drug-likeness (QED) is 0.156. The zero-order valence-corrected chi connectivity index (χ0v) is 37.4. The van der Waals surface area contributed by atoms with Crippen molar-refractivity contribution >= 4 is 21.7 Å². The monoisotopic (exact) mass is 876 g/mol. The van der Waals surface area contributed by atoms with Crippen molar-refractivity contribution in [3.63, 3.8) is 0 Å². The van der Waals surface area contributed by atoms with E-state index in [1.807, 2.05) is 36.4 Å². The minimum Gasteiger partial charge on any atom is -0.247 e. The molecule has 4 nitrogen and oxygen atoms in total. The molecule has 2 heterocycles. The highest BCUT2D eigenvalue weighted by Gasteiger charge is 2.51. The molecular weight excluding hydrogens is 837 g/mol. The van der Waals surface area contributed by atoms with E-state index in [0.717, 1.165) is 60.9 Å². The first kappa shape index (κ1) is 39.1. The van der Waals surface area contributed by atoms with Crippen LogP contribution in [0.15, 0.2) is 243 Å².